The maximum Gasteiger partial charge on any atom is 0.325 e. The SMILES string of the molecule is COC(=O)CN(C(=O)CCNC(=O)c1ccco1)C(C)C. The predicted octanol–water partition coefficient (Wildman–Crippen LogP) is 0.810. The molecule has 21 heavy (non-hydrogen) atoms. The summed E-state index contributed by atoms with van der Waals surface area (Å²) >= 11 is 0. The van der Waals surface area contributed by atoms with E-state index in [1.54, 1.807) is 6.07 Å². The number of carbonyl (C=O) groups excluding carboxylic acids is 3. The van der Waals surface area contributed by atoms with Crippen LogP contribution in [-0.4, -0.2) is 48.9 Å². The molecule has 0 fully saturated rings. The minimum Gasteiger partial charge on any atom is -0.468 e. The fourth-order valence-corrected chi connectivity index (χ4v) is 1.68. The molecule has 0 saturated heterocycles. The van der Waals surface area contributed by atoms with Gasteiger partial charge >= 0.3 is 5.97 Å². The Kier molecular flexibility index (Phi) is 6.45. The number of furan rings is 1. The van der Waals surface area contributed by atoms with Gasteiger partial charge in [0, 0.05) is 19.0 Å². The Labute approximate surface area is 123 Å². The number of hydrogen-bond donors (Lipinski definition) is 1. The molecule has 0 aromatic carbocycles. The summed E-state index contributed by atoms with van der Waals surface area (Å²) in [6, 6.07) is 3.02. The normalized spacial score (nSPS) is 10.3. The van der Waals surface area contributed by atoms with Crippen molar-refractivity contribution in [3.63, 3.8) is 0 Å². The van der Waals surface area contributed by atoms with E-state index < -0.39 is 5.97 Å². The van der Waals surface area contributed by atoms with Crippen LogP contribution in [0.2, 0.25) is 0 Å². The summed E-state index contributed by atoms with van der Waals surface area (Å²) in [4.78, 5) is 36.3. The van der Waals surface area contributed by atoms with E-state index in [9.17, 15) is 14.4 Å². The van der Waals surface area contributed by atoms with Crippen LogP contribution in [0, 0.1) is 0 Å². The van der Waals surface area contributed by atoms with Crippen molar-refractivity contribution >= 4 is 17.8 Å². The van der Waals surface area contributed by atoms with Crippen molar-refractivity contribution < 1.29 is 23.5 Å². The Bertz CT molecular complexity index is 482. The van der Waals surface area contributed by atoms with Crippen molar-refractivity contribution in [2.24, 2.45) is 0 Å². The molecule has 0 aliphatic rings. The first-order valence-corrected chi connectivity index (χ1v) is 6.63. The molecule has 0 bridgehead atoms. The number of rotatable bonds is 7. The Morgan fingerprint density at radius 3 is 2.62 bits per heavy atom. The molecule has 0 saturated carbocycles. The molecule has 1 rings (SSSR count). The largest absolute Gasteiger partial charge is 0.468 e. The van der Waals surface area contributed by atoms with Gasteiger partial charge in [0.1, 0.15) is 6.54 Å². The van der Waals surface area contributed by atoms with Crippen molar-refractivity contribution in [1.82, 2.24) is 10.2 Å². The van der Waals surface area contributed by atoms with Crippen LogP contribution in [0.1, 0.15) is 30.8 Å². The first-order chi connectivity index (χ1) is 9.95. The molecule has 7 heteroatoms. The fourth-order valence-electron chi connectivity index (χ4n) is 1.68. The van der Waals surface area contributed by atoms with Gasteiger partial charge in [0.15, 0.2) is 5.76 Å². The molecule has 0 radical (unpaired) electrons. The Hall–Kier alpha value is -2.31. The second-order valence-electron chi connectivity index (χ2n) is 4.67. The second kappa shape index (κ2) is 8.08. The van der Waals surface area contributed by atoms with Crippen LogP contribution in [-0.2, 0) is 14.3 Å². The number of amides is 2. The van der Waals surface area contributed by atoms with Gasteiger partial charge < -0.3 is 19.4 Å². The smallest absolute Gasteiger partial charge is 0.325 e. The Balaban J connectivity index is 2.43. The lowest BCUT2D eigenvalue weighted by atomic mass is 10.2. The first kappa shape index (κ1) is 16.7. The zero-order valence-electron chi connectivity index (χ0n) is 12.4. The van der Waals surface area contributed by atoms with Crippen molar-refractivity contribution in [2.45, 2.75) is 26.3 Å². The maximum absolute atomic E-state index is 12.0. The van der Waals surface area contributed by atoms with E-state index in [1.807, 2.05) is 13.8 Å². The zero-order valence-corrected chi connectivity index (χ0v) is 12.4. The van der Waals surface area contributed by atoms with E-state index in [4.69, 9.17) is 4.42 Å². The Morgan fingerprint density at radius 1 is 1.38 bits per heavy atom. The summed E-state index contributed by atoms with van der Waals surface area (Å²) in [7, 11) is 1.27. The molecule has 0 unspecified atom stereocenters. The van der Waals surface area contributed by atoms with E-state index in [0.717, 1.165) is 0 Å². The van der Waals surface area contributed by atoms with E-state index in [-0.39, 0.29) is 43.1 Å². The number of nitrogens with zero attached hydrogens (tertiary/aromatic N) is 1. The number of nitrogens with one attached hydrogen (secondary N) is 1. The quantitative estimate of drug-likeness (QED) is 0.752. The average Bonchev–Trinajstić information content (AvgIpc) is 2.97. The lowest BCUT2D eigenvalue weighted by Crippen LogP contribution is -2.42. The van der Waals surface area contributed by atoms with Gasteiger partial charge in [-0.25, -0.2) is 0 Å². The van der Waals surface area contributed by atoms with Crippen LogP contribution >= 0.6 is 0 Å². The molecule has 0 aliphatic heterocycles. The maximum atomic E-state index is 12.0. The number of carbonyl (C=O) groups is 3. The molecule has 1 aromatic heterocycles. The van der Waals surface area contributed by atoms with E-state index in [1.165, 1.54) is 24.3 Å². The highest BCUT2D eigenvalue weighted by molar-refractivity contribution is 5.91. The summed E-state index contributed by atoms with van der Waals surface area (Å²) in [6.45, 7) is 3.69. The van der Waals surface area contributed by atoms with Gasteiger partial charge in [-0.3, -0.25) is 14.4 Å². The van der Waals surface area contributed by atoms with Crippen LogP contribution in [0.5, 0.6) is 0 Å². The van der Waals surface area contributed by atoms with Gasteiger partial charge in [0.05, 0.1) is 13.4 Å². The van der Waals surface area contributed by atoms with Crippen LogP contribution in [0.25, 0.3) is 0 Å². The van der Waals surface area contributed by atoms with Crippen LogP contribution in [0.4, 0.5) is 0 Å². The zero-order chi connectivity index (χ0) is 15.8. The summed E-state index contributed by atoms with van der Waals surface area (Å²) < 4.78 is 9.49. The third-order valence-corrected chi connectivity index (χ3v) is 2.84. The molecule has 1 heterocycles. The molecular weight excluding hydrogens is 276 g/mol. The first-order valence-electron chi connectivity index (χ1n) is 6.63. The van der Waals surface area contributed by atoms with Crippen molar-refractivity contribution in [3.8, 4) is 0 Å². The molecule has 1 N–H and O–H groups in total. The minimum atomic E-state index is -0.475. The van der Waals surface area contributed by atoms with Gasteiger partial charge in [-0.2, -0.15) is 0 Å². The number of hydrogen-bond acceptors (Lipinski definition) is 5. The highest BCUT2D eigenvalue weighted by atomic mass is 16.5. The van der Waals surface area contributed by atoms with Crippen LogP contribution < -0.4 is 5.32 Å². The standard InChI is InChI=1S/C14H20N2O5/c1-10(2)16(9-13(18)20-3)12(17)6-7-15-14(19)11-5-4-8-21-11/h4-5,8,10H,6-7,9H2,1-3H3,(H,15,19). The van der Waals surface area contributed by atoms with E-state index in [0.29, 0.717) is 0 Å². The summed E-state index contributed by atoms with van der Waals surface area (Å²) in [5.74, 6) is -0.888. The van der Waals surface area contributed by atoms with Crippen LogP contribution in [0.3, 0.4) is 0 Å². The third-order valence-electron chi connectivity index (χ3n) is 2.84. The summed E-state index contributed by atoms with van der Waals surface area (Å²) in [5, 5.41) is 2.58. The van der Waals surface area contributed by atoms with Gasteiger partial charge in [-0.15, -0.1) is 0 Å². The molecule has 7 nitrogen and oxygen atoms in total. The van der Waals surface area contributed by atoms with Crippen molar-refractivity contribution in [1.29, 1.82) is 0 Å². The molecule has 116 valence electrons. The molecule has 1 aromatic rings. The summed E-state index contributed by atoms with van der Waals surface area (Å²) in [5.41, 5.74) is 0. The van der Waals surface area contributed by atoms with Gasteiger partial charge in [-0.1, -0.05) is 0 Å². The predicted molar refractivity (Wildman–Crippen MR) is 74.5 cm³/mol. The lowest BCUT2D eigenvalue weighted by Gasteiger charge is -2.25. The lowest BCUT2D eigenvalue weighted by molar-refractivity contribution is -0.148. The van der Waals surface area contributed by atoms with Gasteiger partial charge in [0.2, 0.25) is 5.91 Å². The highest BCUT2D eigenvalue weighted by Crippen LogP contribution is 2.03. The number of esters is 1. The molecule has 0 spiro atoms. The minimum absolute atomic E-state index is 0.0981. The monoisotopic (exact) mass is 296 g/mol. The van der Waals surface area contributed by atoms with E-state index in [2.05, 4.69) is 10.1 Å². The second-order valence-corrected chi connectivity index (χ2v) is 4.67. The molecule has 0 atom stereocenters. The molecular formula is C14H20N2O5. The number of ether oxygens (including phenoxy) is 1. The fraction of sp³-hybridized carbons (Fsp3) is 0.500. The van der Waals surface area contributed by atoms with Crippen molar-refractivity contribution in [2.75, 3.05) is 20.2 Å². The molecule has 2 amide bonds. The third kappa shape index (κ3) is 5.29. The van der Waals surface area contributed by atoms with Crippen LogP contribution in [0.15, 0.2) is 22.8 Å². The number of methoxy groups -OCH3 is 1. The van der Waals surface area contributed by atoms with Crippen molar-refractivity contribution in [3.05, 3.63) is 24.2 Å². The van der Waals surface area contributed by atoms with Gasteiger partial charge in [-0.05, 0) is 26.0 Å². The Morgan fingerprint density at radius 2 is 2.10 bits per heavy atom. The molecule has 0 aliphatic carbocycles. The summed E-state index contributed by atoms with van der Waals surface area (Å²) in [6.07, 6.45) is 1.50. The average molecular weight is 296 g/mol. The highest BCUT2D eigenvalue weighted by Gasteiger charge is 2.20. The topological polar surface area (TPSA) is 88.9 Å². The van der Waals surface area contributed by atoms with Gasteiger partial charge in [0.25, 0.3) is 5.91 Å². The van der Waals surface area contributed by atoms with E-state index >= 15 is 0 Å².